The maximum absolute atomic E-state index is 6.14. The van der Waals surface area contributed by atoms with Crippen LogP contribution in [0.3, 0.4) is 0 Å². The molecule has 102 valence electrons. The average molecular weight is 287 g/mol. The van der Waals surface area contributed by atoms with Gasteiger partial charge in [0, 0.05) is 22.3 Å². The highest BCUT2D eigenvalue weighted by molar-refractivity contribution is 6.31. The van der Waals surface area contributed by atoms with Gasteiger partial charge in [-0.3, -0.25) is 0 Å². The highest BCUT2D eigenvalue weighted by atomic mass is 35.5. The molecule has 0 aromatic heterocycles. The monoisotopic (exact) mass is 286 g/mol. The Hall–Kier alpha value is -2.13. The summed E-state index contributed by atoms with van der Waals surface area (Å²) in [5.41, 5.74) is 3.07. The van der Waals surface area contributed by atoms with Gasteiger partial charge in [0.15, 0.2) is 0 Å². The van der Waals surface area contributed by atoms with Gasteiger partial charge in [-0.1, -0.05) is 41.9 Å². The van der Waals surface area contributed by atoms with Crippen LogP contribution in [0.1, 0.15) is 11.1 Å². The first-order valence-corrected chi connectivity index (χ1v) is 6.85. The van der Waals surface area contributed by atoms with Crippen molar-refractivity contribution in [1.82, 2.24) is 10.6 Å². The van der Waals surface area contributed by atoms with Gasteiger partial charge >= 0.3 is 0 Å². The van der Waals surface area contributed by atoms with Gasteiger partial charge in [0.1, 0.15) is 12.4 Å². The minimum Gasteiger partial charge on any atom is -0.488 e. The Morgan fingerprint density at radius 1 is 1.05 bits per heavy atom. The van der Waals surface area contributed by atoms with Gasteiger partial charge in [-0.2, -0.15) is 0 Å². The largest absolute Gasteiger partial charge is 0.488 e. The lowest BCUT2D eigenvalue weighted by Crippen LogP contribution is -2.14. The molecule has 0 unspecified atom stereocenters. The molecule has 0 bridgehead atoms. The minimum atomic E-state index is 0.456. The van der Waals surface area contributed by atoms with Crippen LogP contribution in [0.4, 0.5) is 0 Å². The number of ether oxygens (including phenoxy) is 1. The summed E-state index contributed by atoms with van der Waals surface area (Å²) in [7, 11) is 0. The van der Waals surface area contributed by atoms with Crippen LogP contribution >= 0.6 is 11.6 Å². The second-order valence-corrected chi connectivity index (χ2v) is 4.90. The molecular formula is C16H15ClN2O. The lowest BCUT2D eigenvalue weighted by atomic mass is 10.1. The highest BCUT2D eigenvalue weighted by Crippen LogP contribution is 2.26. The van der Waals surface area contributed by atoms with Crippen LogP contribution in [-0.4, -0.2) is 6.67 Å². The van der Waals surface area contributed by atoms with Crippen molar-refractivity contribution in [3.63, 3.8) is 0 Å². The molecule has 2 N–H and O–H groups in total. The van der Waals surface area contributed by atoms with Crippen molar-refractivity contribution in [1.29, 1.82) is 0 Å². The molecule has 0 atom stereocenters. The number of benzene rings is 2. The molecule has 20 heavy (non-hydrogen) atoms. The second-order valence-electron chi connectivity index (χ2n) is 4.49. The van der Waals surface area contributed by atoms with Crippen molar-refractivity contribution >= 4 is 17.3 Å². The molecule has 1 aliphatic rings. The molecule has 3 nitrogen and oxygen atoms in total. The van der Waals surface area contributed by atoms with E-state index in [0.717, 1.165) is 34.3 Å². The van der Waals surface area contributed by atoms with Crippen LogP contribution < -0.4 is 15.4 Å². The smallest absolute Gasteiger partial charge is 0.129 e. The zero-order chi connectivity index (χ0) is 13.8. The van der Waals surface area contributed by atoms with E-state index in [0.29, 0.717) is 6.61 Å². The van der Waals surface area contributed by atoms with Gasteiger partial charge in [0.05, 0.1) is 12.4 Å². The Morgan fingerprint density at radius 3 is 2.65 bits per heavy atom. The van der Waals surface area contributed by atoms with Gasteiger partial charge in [0.2, 0.25) is 0 Å². The van der Waals surface area contributed by atoms with Crippen LogP contribution in [0.2, 0.25) is 5.02 Å². The molecule has 2 aromatic carbocycles. The number of para-hydroxylation sites is 1. The zero-order valence-corrected chi connectivity index (χ0v) is 11.7. The predicted octanol–water partition coefficient (Wildman–Crippen LogP) is 3.37. The first-order valence-electron chi connectivity index (χ1n) is 6.47. The summed E-state index contributed by atoms with van der Waals surface area (Å²) in [6.45, 7) is 1.20. The average Bonchev–Trinajstić information content (AvgIpc) is 3.01. The summed E-state index contributed by atoms with van der Waals surface area (Å²) in [4.78, 5) is 0. The van der Waals surface area contributed by atoms with Crippen LogP contribution in [0.5, 0.6) is 5.75 Å². The fourth-order valence-electron chi connectivity index (χ4n) is 2.11. The van der Waals surface area contributed by atoms with E-state index in [1.807, 2.05) is 54.7 Å². The molecule has 4 heteroatoms. The Kier molecular flexibility index (Phi) is 3.79. The maximum atomic E-state index is 6.14. The Labute approximate surface area is 123 Å². The molecule has 0 spiro atoms. The van der Waals surface area contributed by atoms with Gasteiger partial charge in [0.25, 0.3) is 0 Å². The Balaban J connectivity index is 1.79. The molecule has 0 amide bonds. The van der Waals surface area contributed by atoms with Crippen LogP contribution in [-0.2, 0) is 6.61 Å². The summed E-state index contributed by atoms with van der Waals surface area (Å²) in [5, 5.41) is 7.12. The molecular weight excluding hydrogens is 272 g/mol. The van der Waals surface area contributed by atoms with E-state index in [9.17, 15) is 0 Å². The number of nitrogens with one attached hydrogen (secondary N) is 2. The second kappa shape index (κ2) is 5.88. The van der Waals surface area contributed by atoms with E-state index in [4.69, 9.17) is 16.3 Å². The number of hydrogen-bond donors (Lipinski definition) is 2. The standard InChI is InChI=1S/C16H15ClN2O/c17-14-7-3-1-5-12(14)10-20-16-8-4-2-6-13(16)15-9-18-11-19-15/h1-9,18-19H,10-11H2. The van der Waals surface area contributed by atoms with E-state index in [1.54, 1.807) is 0 Å². The van der Waals surface area contributed by atoms with E-state index in [1.165, 1.54) is 0 Å². The van der Waals surface area contributed by atoms with Crippen LogP contribution in [0.25, 0.3) is 5.70 Å². The summed E-state index contributed by atoms with van der Waals surface area (Å²) < 4.78 is 5.92. The van der Waals surface area contributed by atoms with Crippen molar-refractivity contribution < 1.29 is 4.74 Å². The van der Waals surface area contributed by atoms with Gasteiger partial charge in [-0.05, 0) is 18.2 Å². The molecule has 1 aliphatic heterocycles. The first kappa shape index (κ1) is 12.9. The van der Waals surface area contributed by atoms with Crippen molar-refractivity contribution in [3.05, 3.63) is 70.9 Å². The van der Waals surface area contributed by atoms with Gasteiger partial charge in [-0.25, -0.2) is 0 Å². The molecule has 3 rings (SSSR count). The van der Waals surface area contributed by atoms with Crippen molar-refractivity contribution in [3.8, 4) is 5.75 Å². The molecule has 0 saturated carbocycles. The number of halogens is 1. The Bertz CT molecular complexity index is 640. The van der Waals surface area contributed by atoms with Crippen LogP contribution in [0, 0.1) is 0 Å². The molecule has 1 heterocycles. The third-order valence-electron chi connectivity index (χ3n) is 3.15. The lowest BCUT2D eigenvalue weighted by molar-refractivity contribution is 0.305. The molecule has 0 aliphatic carbocycles. The van der Waals surface area contributed by atoms with Crippen LogP contribution in [0.15, 0.2) is 54.7 Å². The van der Waals surface area contributed by atoms with Crippen molar-refractivity contribution in [2.24, 2.45) is 0 Å². The van der Waals surface area contributed by atoms with E-state index in [-0.39, 0.29) is 0 Å². The van der Waals surface area contributed by atoms with Gasteiger partial charge < -0.3 is 15.4 Å². The summed E-state index contributed by atoms with van der Waals surface area (Å²) in [6.07, 6.45) is 1.96. The first-order chi connectivity index (χ1) is 9.84. The van der Waals surface area contributed by atoms with E-state index >= 15 is 0 Å². The van der Waals surface area contributed by atoms with Gasteiger partial charge in [-0.15, -0.1) is 0 Å². The molecule has 0 saturated heterocycles. The summed E-state index contributed by atoms with van der Waals surface area (Å²) in [5.74, 6) is 0.842. The molecule has 0 fully saturated rings. The molecule has 2 aromatic rings. The quantitative estimate of drug-likeness (QED) is 0.904. The predicted molar refractivity (Wildman–Crippen MR) is 81.3 cm³/mol. The summed E-state index contributed by atoms with van der Waals surface area (Å²) >= 11 is 6.14. The maximum Gasteiger partial charge on any atom is 0.129 e. The normalized spacial score (nSPS) is 13.3. The third-order valence-corrected chi connectivity index (χ3v) is 3.51. The third kappa shape index (κ3) is 2.73. The highest BCUT2D eigenvalue weighted by Gasteiger charge is 2.11. The van der Waals surface area contributed by atoms with Crippen molar-refractivity contribution in [2.75, 3.05) is 6.67 Å². The number of hydrogen-bond acceptors (Lipinski definition) is 3. The fourth-order valence-corrected chi connectivity index (χ4v) is 2.30. The fraction of sp³-hybridized carbons (Fsp3) is 0.125. The molecule has 0 radical (unpaired) electrons. The summed E-state index contributed by atoms with van der Waals surface area (Å²) in [6, 6.07) is 15.7. The topological polar surface area (TPSA) is 33.3 Å². The van der Waals surface area contributed by atoms with Crippen molar-refractivity contribution in [2.45, 2.75) is 6.61 Å². The number of rotatable bonds is 4. The van der Waals surface area contributed by atoms with E-state index in [2.05, 4.69) is 10.6 Å². The minimum absolute atomic E-state index is 0.456. The zero-order valence-electron chi connectivity index (χ0n) is 10.9. The lowest BCUT2D eigenvalue weighted by Gasteiger charge is -2.13. The Morgan fingerprint density at radius 2 is 1.85 bits per heavy atom. The van der Waals surface area contributed by atoms with E-state index < -0.39 is 0 Å². The SMILES string of the molecule is Clc1ccccc1COc1ccccc1C1=CNCN1.